The predicted molar refractivity (Wildman–Crippen MR) is 67.5 cm³/mol. The highest BCUT2D eigenvalue weighted by molar-refractivity contribution is 7.09. The minimum absolute atomic E-state index is 0.155. The maximum absolute atomic E-state index is 10.7. The number of hydrogen-bond donors (Lipinski definition) is 1. The van der Waals surface area contributed by atoms with Gasteiger partial charge in [-0.2, -0.15) is 0 Å². The molecule has 0 unspecified atom stereocenters. The maximum atomic E-state index is 10.7. The molecule has 1 N–H and O–H groups in total. The first kappa shape index (κ1) is 12.5. The first-order valence-corrected chi connectivity index (χ1v) is 6.95. The average Bonchev–Trinajstić information content (AvgIpc) is 2.77. The highest BCUT2D eigenvalue weighted by Gasteiger charge is 2.24. The van der Waals surface area contributed by atoms with Crippen molar-refractivity contribution in [2.75, 3.05) is 19.6 Å². The monoisotopic (exact) mass is 254 g/mol. The van der Waals surface area contributed by atoms with Crippen molar-refractivity contribution in [1.29, 1.82) is 0 Å². The Kier molecular flexibility index (Phi) is 4.12. The van der Waals surface area contributed by atoms with Gasteiger partial charge in [0.2, 0.25) is 0 Å². The van der Waals surface area contributed by atoms with E-state index in [1.165, 1.54) is 5.01 Å². The van der Waals surface area contributed by atoms with E-state index in [0.29, 0.717) is 5.92 Å². The highest BCUT2D eigenvalue weighted by atomic mass is 32.1. The minimum Gasteiger partial charge on any atom is -0.480 e. The third kappa shape index (κ3) is 3.26. The summed E-state index contributed by atoms with van der Waals surface area (Å²) in [4.78, 5) is 17.3. The van der Waals surface area contributed by atoms with Crippen LogP contribution in [0.1, 0.15) is 36.4 Å². The first-order chi connectivity index (χ1) is 8.19. The van der Waals surface area contributed by atoms with Gasteiger partial charge in [0.1, 0.15) is 0 Å². The van der Waals surface area contributed by atoms with Crippen LogP contribution in [0.25, 0.3) is 0 Å². The van der Waals surface area contributed by atoms with E-state index in [1.807, 2.05) is 4.90 Å². The van der Waals surface area contributed by atoms with Gasteiger partial charge in [0.05, 0.1) is 17.2 Å². The van der Waals surface area contributed by atoms with E-state index in [4.69, 9.17) is 5.11 Å². The molecule has 0 aromatic carbocycles. The Labute approximate surface area is 105 Å². The molecule has 0 bridgehead atoms. The molecule has 1 aromatic heterocycles. The number of aromatic nitrogens is 1. The van der Waals surface area contributed by atoms with Crippen molar-refractivity contribution < 1.29 is 9.90 Å². The second kappa shape index (κ2) is 5.60. The van der Waals surface area contributed by atoms with Crippen LogP contribution in [0.3, 0.4) is 0 Å². The molecule has 4 nitrogen and oxygen atoms in total. The van der Waals surface area contributed by atoms with Gasteiger partial charge >= 0.3 is 5.97 Å². The number of nitrogens with zero attached hydrogens (tertiary/aromatic N) is 2. The highest BCUT2D eigenvalue weighted by Crippen LogP contribution is 2.29. The molecule has 1 aromatic rings. The topological polar surface area (TPSA) is 53.4 Å². The lowest BCUT2D eigenvalue weighted by molar-refractivity contribution is -0.138. The number of likely N-dealkylation sites (tertiary alicyclic amines) is 1. The Morgan fingerprint density at radius 1 is 1.71 bits per heavy atom. The molecule has 94 valence electrons. The number of hydrogen-bond acceptors (Lipinski definition) is 4. The zero-order chi connectivity index (χ0) is 12.3. The molecule has 2 heterocycles. The molecule has 0 amide bonds. The van der Waals surface area contributed by atoms with Crippen molar-refractivity contribution in [3.63, 3.8) is 0 Å². The second-order valence-electron chi connectivity index (χ2n) is 4.50. The van der Waals surface area contributed by atoms with Crippen molar-refractivity contribution in [1.82, 2.24) is 9.88 Å². The molecule has 2 rings (SSSR count). The van der Waals surface area contributed by atoms with E-state index in [-0.39, 0.29) is 6.54 Å². The van der Waals surface area contributed by atoms with Crippen LogP contribution in [-0.4, -0.2) is 40.6 Å². The summed E-state index contributed by atoms with van der Waals surface area (Å²) in [5.41, 5.74) is 1.15. The lowest BCUT2D eigenvalue weighted by atomic mass is 9.99. The zero-order valence-corrected chi connectivity index (χ0v) is 10.9. The van der Waals surface area contributed by atoms with Gasteiger partial charge in [-0.05, 0) is 25.8 Å². The lowest BCUT2D eigenvalue weighted by Gasteiger charge is -2.30. The summed E-state index contributed by atoms with van der Waals surface area (Å²) in [5, 5.41) is 12.1. The molecule has 1 atom stereocenters. The Hall–Kier alpha value is -0.940. The largest absolute Gasteiger partial charge is 0.480 e. The van der Waals surface area contributed by atoms with Gasteiger partial charge < -0.3 is 5.11 Å². The summed E-state index contributed by atoms with van der Waals surface area (Å²) in [5.74, 6) is -0.313. The average molecular weight is 254 g/mol. The Morgan fingerprint density at radius 2 is 2.53 bits per heavy atom. The Morgan fingerprint density at radius 3 is 3.18 bits per heavy atom. The quantitative estimate of drug-likeness (QED) is 0.892. The zero-order valence-electron chi connectivity index (χ0n) is 10.1. The lowest BCUT2D eigenvalue weighted by Crippen LogP contribution is -2.37. The standard InChI is InChI=1S/C12H18N2O2S/c1-2-10-8-17-12(13-10)9-4-3-5-14(6-9)7-11(15)16/h8-9H,2-7H2,1H3,(H,15,16)/t9-/m0/s1. The van der Waals surface area contributed by atoms with Gasteiger partial charge in [-0.15, -0.1) is 11.3 Å². The van der Waals surface area contributed by atoms with Gasteiger partial charge in [-0.1, -0.05) is 6.92 Å². The molecule has 1 saturated heterocycles. The predicted octanol–water partition coefficient (Wildman–Crippen LogP) is 1.97. The van der Waals surface area contributed by atoms with E-state index < -0.39 is 5.97 Å². The number of aryl methyl sites for hydroxylation is 1. The Balaban J connectivity index is 1.99. The molecule has 0 aliphatic carbocycles. The van der Waals surface area contributed by atoms with E-state index in [9.17, 15) is 4.79 Å². The van der Waals surface area contributed by atoms with Crippen molar-refractivity contribution >= 4 is 17.3 Å². The van der Waals surface area contributed by atoms with Gasteiger partial charge in [0.25, 0.3) is 0 Å². The minimum atomic E-state index is -0.737. The molecular formula is C12H18N2O2S. The first-order valence-electron chi connectivity index (χ1n) is 6.07. The normalized spacial score (nSPS) is 21.6. The molecule has 17 heavy (non-hydrogen) atoms. The molecule has 0 spiro atoms. The fraction of sp³-hybridized carbons (Fsp3) is 0.667. The number of piperidine rings is 1. The van der Waals surface area contributed by atoms with Crippen molar-refractivity contribution in [2.24, 2.45) is 0 Å². The number of rotatable bonds is 4. The molecule has 1 aliphatic heterocycles. The summed E-state index contributed by atoms with van der Waals surface area (Å²) in [6, 6.07) is 0. The summed E-state index contributed by atoms with van der Waals surface area (Å²) >= 11 is 1.72. The molecule has 5 heteroatoms. The molecule has 1 fully saturated rings. The van der Waals surface area contributed by atoms with Crippen molar-refractivity contribution in [2.45, 2.75) is 32.1 Å². The fourth-order valence-electron chi connectivity index (χ4n) is 2.26. The smallest absolute Gasteiger partial charge is 0.317 e. The number of carboxylic acids is 1. The van der Waals surface area contributed by atoms with E-state index in [0.717, 1.165) is 38.0 Å². The van der Waals surface area contributed by atoms with E-state index >= 15 is 0 Å². The van der Waals surface area contributed by atoms with Crippen LogP contribution in [0.5, 0.6) is 0 Å². The molecule has 0 radical (unpaired) electrons. The van der Waals surface area contributed by atoms with E-state index in [2.05, 4.69) is 17.3 Å². The van der Waals surface area contributed by atoms with Crippen molar-refractivity contribution in [3.05, 3.63) is 16.1 Å². The number of carboxylic acid groups (broad SMARTS) is 1. The van der Waals surface area contributed by atoms with Crippen LogP contribution in [0.2, 0.25) is 0 Å². The van der Waals surface area contributed by atoms with Crippen LogP contribution in [0, 0.1) is 0 Å². The van der Waals surface area contributed by atoms with Crippen LogP contribution < -0.4 is 0 Å². The Bertz CT molecular complexity index is 392. The molecule has 1 aliphatic rings. The van der Waals surface area contributed by atoms with Crippen LogP contribution >= 0.6 is 11.3 Å². The fourth-order valence-corrected chi connectivity index (χ4v) is 3.30. The summed E-state index contributed by atoms with van der Waals surface area (Å²) in [6.07, 6.45) is 3.17. The molecular weight excluding hydrogens is 236 g/mol. The van der Waals surface area contributed by atoms with Gasteiger partial charge in [-0.25, -0.2) is 4.98 Å². The summed E-state index contributed by atoms with van der Waals surface area (Å²) in [7, 11) is 0. The SMILES string of the molecule is CCc1csc([C@H]2CCCN(CC(=O)O)C2)n1. The number of carbonyl (C=O) groups is 1. The molecule has 0 saturated carbocycles. The van der Waals surface area contributed by atoms with Gasteiger partial charge in [0.15, 0.2) is 0 Å². The van der Waals surface area contributed by atoms with Gasteiger partial charge in [0, 0.05) is 17.8 Å². The van der Waals surface area contributed by atoms with Crippen LogP contribution in [0.15, 0.2) is 5.38 Å². The van der Waals surface area contributed by atoms with Crippen LogP contribution in [-0.2, 0) is 11.2 Å². The maximum Gasteiger partial charge on any atom is 0.317 e. The second-order valence-corrected chi connectivity index (χ2v) is 5.39. The van der Waals surface area contributed by atoms with Crippen molar-refractivity contribution in [3.8, 4) is 0 Å². The third-order valence-electron chi connectivity index (χ3n) is 3.15. The third-order valence-corrected chi connectivity index (χ3v) is 4.20. The number of aliphatic carboxylic acids is 1. The summed E-state index contributed by atoms with van der Waals surface area (Å²) in [6.45, 7) is 4.00. The van der Waals surface area contributed by atoms with Crippen LogP contribution in [0.4, 0.5) is 0 Å². The summed E-state index contributed by atoms with van der Waals surface area (Å²) < 4.78 is 0. The van der Waals surface area contributed by atoms with E-state index in [1.54, 1.807) is 11.3 Å². The van der Waals surface area contributed by atoms with Gasteiger partial charge in [-0.3, -0.25) is 9.69 Å². The number of thiazole rings is 1.